The highest BCUT2D eigenvalue weighted by Gasteiger charge is 2.23. The van der Waals surface area contributed by atoms with Crippen molar-refractivity contribution in [1.29, 1.82) is 0 Å². The van der Waals surface area contributed by atoms with Crippen LogP contribution >= 0.6 is 0 Å². The quantitative estimate of drug-likeness (QED) is 0.600. The van der Waals surface area contributed by atoms with E-state index >= 15 is 0 Å². The van der Waals surface area contributed by atoms with E-state index in [1.807, 2.05) is 44.2 Å². The molecule has 0 bridgehead atoms. The standard InChI is InChI=1S/C15H22N2O3/c1-12(2)17(11-13-7-4-3-5-8-13)15(20)14(19)16-9-6-10-18/h3-5,7-8,12,18H,6,9-11H2,1-2H3,(H,16,19). The zero-order valence-corrected chi connectivity index (χ0v) is 12.0. The Balaban J connectivity index is 2.66. The molecule has 5 nitrogen and oxygen atoms in total. The fraction of sp³-hybridized carbons (Fsp3) is 0.467. The highest BCUT2D eigenvalue weighted by molar-refractivity contribution is 6.35. The minimum Gasteiger partial charge on any atom is -0.396 e. The number of benzene rings is 1. The number of nitrogens with one attached hydrogen (secondary N) is 1. The van der Waals surface area contributed by atoms with E-state index < -0.39 is 11.8 Å². The number of aliphatic hydroxyl groups excluding tert-OH is 1. The number of rotatable bonds is 6. The van der Waals surface area contributed by atoms with Crippen molar-refractivity contribution in [3.8, 4) is 0 Å². The van der Waals surface area contributed by atoms with Gasteiger partial charge in [-0.1, -0.05) is 30.3 Å². The minimum absolute atomic E-state index is 0.00756. The average molecular weight is 278 g/mol. The van der Waals surface area contributed by atoms with E-state index in [4.69, 9.17) is 5.11 Å². The van der Waals surface area contributed by atoms with E-state index in [1.165, 1.54) is 4.90 Å². The second kappa shape index (κ2) is 8.32. The molecule has 0 saturated carbocycles. The molecule has 1 rings (SSSR count). The first kappa shape index (κ1) is 16.2. The maximum absolute atomic E-state index is 12.1. The van der Waals surface area contributed by atoms with Crippen LogP contribution in [0.1, 0.15) is 25.8 Å². The number of amides is 2. The third kappa shape index (κ3) is 5.01. The normalized spacial score (nSPS) is 10.4. The van der Waals surface area contributed by atoms with Crippen LogP contribution in [-0.2, 0) is 16.1 Å². The molecule has 0 radical (unpaired) electrons. The molecule has 110 valence electrons. The monoisotopic (exact) mass is 278 g/mol. The van der Waals surface area contributed by atoms with Crippen LogP contribution in [0.25, 0.3) is 0 Å². The molecular formula is C15H22N2O3. The highest BCUT2D eigenvalue weighted by atomic mass is 16.3. The summed E-state index contributed by atoms with van der Waals surface area (Å²) in [5.74, 6) is -1.16. The zero-order chi connectivity index (χ0) is 15.0. The number of hydrogen-bond acceptors (Lipinski definition) is 3. The Hall–Kier alpha value is -1.88. The summed E-state index contributed by atoms with van der Waals surface area (Å²) in [4.78, 5) is 25.4. The van der Waals surface area contributed by atoms with Gasteiger partial charge in [0, 0.05) is 25.7 Å². The fourth-order valence-corrected chi connectivity index (χ4v) is 1.76. The van der Waals surface area contributed by atoms with Gasteiger partial charge in [-0.15, -0.1) is 0 Å². The van der Waals surface area contributed by atoms with E-state index in [0.29, 0.717) is 19.5 Å². The van der Waals surface area contributed by atoms with Gasteiger partial charge in [0.15, 0.2) is 0 Å². The smallest absolute Gasteiger partial charge is 0.312 e. The number of nitrogens with zero attached hydrogens (tertiary/aromatic N) is 1. The first-order chi connectivity index (χ1) is 9.56. The Morgan fingerprint density at radius 1 is 1.25 bits per heavy atom. The molecule has 5 heteroatoms. The van der Waals surface area contributed by atoms with Crippen molar-refractivity contribution >= 4 is 11.8 Å². The summed E-state index contributed by atoms with van der Waals surface area (Å²) in [6.07, 6.45) is 0.444. The molecule has 2 N–H and O–H groups in total. The van der Waals surface area contributed by atoms with Gasteiger partial charge in [0.05, 0.1) is 0 Å². The van der Waals surface area contributed by atoms with Gasteiger partial charge >= 0.3 is 11.8 Å². The third-order valence-corrected chi connectivity index (χ3v) is 2.89. The van der Waals surface area contributed by atoms with E-state index in [-0.39, 0.29) is 12.6 Å². The van der Waals surface area contributed by atoms with Crippen molar-refractivity contribution in [2.24, 2.45) is 0 Å². The molecule has 1 aromatic rings. The molecule has 0 aliphatic rings. The number of aliphatic hydroxyl groups is 1. The summed E-state index contributed by atoms with van der Waals surface area (Å²) in [5.41, 5.74) is 0.984. The van der Waals surface area contributed by atoms with E-state index in [0.717, 1.165) is 5.56 Å². The molecular weight excluding hydrogens is 256 g/mol. The Kier molecular flexibility index (Phi) is 6.73. The van der Waals surface area contributed by atoms with E-state index in [2.05, 4.69) is 5.32 Å². The highest BCUT2D eigenvalue weighted by Crippen LogP contribution is 2.08. The lowest BCUT2D eigenvalue weighted by atomic mass is 10.2. The molecule has 0 spiro atoms. The lowest BCUT2D eigenvalue weighted by molar-refractivity contribution is -0.147. The van der Waals surface area contributed by atoms with Crippen LogP contribution in [0.15, 0.2) is 30.3 Å². The molecule has 0 aromatic heterocycles. The van der Waals surface area contributed by atoms with Gasteiger partial charge in [0.25, 0.3) is 0 Å². The number of carbonyl (C=O) groups excluding carboxylic acids is 2. The molecule has 2 amide bonds. The second-order valence-corrected chi connectivity index (χ2v) is 4.85. The molecule has 0 heterocycles. The van der Waals surface area contributed by atoms with Crippen LogP contribution in [-0.4, -0.2) is 41.0 Å². The maximum Gasteiger partial charge on any atom is 0.312 e. The first-order valence-corrected chi connectivity index (χ1v) is 6.80. The third-order valence-electron chi connectivity index (χ3n) is 2.89. The molecule has 20 heavy (non-hydrogen) atoms. The summed E-state index contributed by atoms with van der Waals surface area (Å²) in [6.45, 7) is 4.46. The number of hydrogen-bond donors (Lipinski definition) is 2. The predicted octanol–water partition coefficient (Wildman–Crippen LogP) is 0.922. The van der Waals surface area contributed by atoms with Crippen molar-refractivity contribution in [3.63, 3.8) is 0 Å². The summed E-state index contributed by atoms with van der Waals surface area (Å²) in [5, 5.41) is 11.2. The lowest BCUT2D eigenvalue weighted by Gasteiger charge is -2.26. The molecule has 0 unspecified atom stereocenters. The van der Waals surface area contributed by atoms with Crippen LogP contribution in [0.4, 0.5) is 0 Å². The van der Waals surface area contributed by atoms with E-state index in [1.54, 1.807) is 0 Å². The Bertz CT molecular complexity index is 432. The molecule has 0 fully saturated rings. The zero-order valence-electron chi connectivity index (χ0n) is 12.0. The van der Waals surface area contributed by atoms with Crippen LogP contribution in [0, 0.1) is 0 Å². The summed E-state index contributed by atoms with van der Waals surface area (Å²) >= 11 is 0. The summed E-state index contributed by atoms with van der Waals surface area (Å²) < 4.78 is 0. The maximum atomic E-state index is 12.1. The Morgan fingerprint density at radius 3 is 2.45 bits per heavy atom. The second-order valence-electron chi connectivity index (χ2n) is 4.85. The van der Waals surface area contributed by atoms with Gasteiger partial charge in [0.2, 0.25) is 0 Å². The van der Waals surface area contributed by atoms with E-state index in [9.17, 15) is 9.59 Å². The van der Waals surface area contributed by atoms with Gasteiger partial charge in [-0.2, -0.15) is 0 Å². The van der Waals surface area contributed by atoms with Gasteiger partial charge in [-0.25, -0.2) is 0 Å². The minimum atomic E-state index is -0.622. The molecule has 0 aliphatic heterocycles. The summed E-state index contributed by atoms with van der Waals surface area (Å²) in [6, 6.07) is 9.50. The Labute approximate surface area is 119 Å². The molecule has 1 aromatic carbocycles. The van der Waals surface area contributed by atoms with Crippen molar-refractivity contribution in [1.82, 2.24) is 10.2 Å². The van der Waals surface area contributed by atoms with Crippen molar-refractivity contribution in [2.75, 3.05) is 13.2 Å². The van der Waals surface area contributed by atoms with Crippen LogP contribution in [0.5, 0.6) is 0 Å². The van der Waals surface area contributed by atoms with Gasteiger partial charge < -0.3 is 15.3 Å². The SMILES string of the molecule is CC(C)N(Cc1ccccc1)C(=O)C(=O)NCCCO. The largest absolute Gasteiger partial charge is 0.396 e. The molecule has 0 atom stereocenters. The van der Waals surface area contributed by atoms with Crippen molar-refractivity contribution in [3.05, 3.63) is 35.9 Å². The van der Waals surface area contributed by atoms with Crippen LogP contribution in [0.2, 0.25) is 0 Å². The van der Waals surface area contributed by atoms with Gasteiger partial charge in [-0.3, -0.25) is 9.59 Å². The van der Waals surface area contributed by atoms with Crippen LogP contribution in [0.3, 0.4) is 0 Å². The Morgan fingerprint density at radius 2 is 1.90 bits per heavy atom. The van der Waals surface area contributed by atoms with Crippen molar-refractivity contribution in [2.45, 2.75) is 32.9 Å². The average Bonchev–Trinajstić information content (AvgIpc) is 2.45. The number of carbonyl (C=O) groups is 2. The summed E-state index contributed by atoms with van der Waals surface area (Å²) in [7, 11) is 0. The van der Waals surface area contributed by atoms with Crippen LogP contribution < -0.4 is 5.32 Å². The fourth-order valence-electron chi connectivity index (χ4n) is 1.76. The predicted molar refractivity (Wildman–Crippen MR) is 76.8 cm³/mol. The first-order valence-electron chi connectivity index (χ1n) is 6.80. The topological polar surface area (TPSA) is 69.6 Å². The lowest BCUT2D eigenvalue weighted by Crippen LogP contribution is -2.46. The molecule has 0 aliphatic carbocycles. The van der Waals surface area contributed by atoms with Gasteiger partial charge in [-0.05, 0) is 25.8 Å². The van der Waals surface area contributed by atoms with Crippen molar-refractivity contribution < 1.29 is 14.7 Å². The van der Waals surface area contributed by atoms with Gasteiger partial charge in [0.1, 0.15) is 0 Å². The molecule has 0 saturated heterocycles.